The monoisotopic (exact) mass is 269 g/mol. The Balaban J connectivity index is 2.27. The predicted molar refractivity (Wildman–Crippen MR) is 84.6 cm³/mol. The van der Waals surface area contributed by atoms with Crippen LogP contribution in [-0.2, 0) is 12.8 Å². The van der Waals surface area contributed by atoms with Crippen LogP contribution in [0.2, 0.25) is 0 Å². The lowest BCUT2D eigenvalue weighted by molar-refractivity contribution is 0.795. The van der Waals surface area contributed by atoms with Crippen LogP contribution in [0.25, 0.3) is 11.4 Å². The molecule has 2 rings (SSSR count). The lowest BCUT2D eigenvalue weighted by Crippen LogP contribution is -2.04. The van der Waals surface area contributed by atoms with Crippen molar-refractivity contribution in [2.24, 2.45) is 0 Å². The maximum absolute atomic E-state index is 6.01. The van der Waals surface area contributed by atoms with Crippen molar-refractivity contribution in [1.29, 1.82) is 0 Å². The molecule has 0 saturated carbocycles. The predicted octanol–water partition coefficient (Wildman–Crippen LogP) is 3.94. The Morgan fingerprint density at radius 2 is 1.75 bits per heavy atom. The normalized spacial score (nSPS) is 10.8. The molecule has 0 radical (unpaired) electrons. The lowest BCUT2D eigenvalue weighted by Gasteiger charge is -2.09. The SMILES string of the molecule is CCCCc1ccc(-c2nc(C)c(CC)c(N)n2)cc1. The van der Waals surface area contributed by atoms with Crippen LogP contribution in [0.1, 0.15) is 43.5 Å². The zero-order chi connectivity index (χ0) is 14.5. The van der Waals surface area contributed by atoms with Crippen LogP contribution in [0.15, 0.2) is 24.3 Å². The van der Waals surface area contributed by atoms with Gasteiger partial charge >= 0.3 is 0 Å². The summed E-state index contributed by atoms with van der Waals surface area (Å²) in [5, 5.41) is 0. The molecule has 1 heterocycles. The van der Waals surface area contributed by atoms with Crippen molar-refractivity contribution >= 4 is 5.82 Å². The van der Waals surface area contributed by atoms with Crippen molar-refractivity contribution in [3.63, 3.8) is 0 Å². The molecule has 1 aromatic heterocycles. The Kier molecular flexibility index (Phi) is 4.72. The first-order valence-electron chi connectivity index (χ1n) is 7.38. The molecule has 0 spiro atoms. The molecule has 0 unspecified atom stereocenters. The van der Waals surface area contributed by atoms with E-state index in [2.05, 4.69) is 48.1 Å². The maximum atomic E-state index is 6.01. The molecule has 2 N–H and O–H groups in total. The summed E-state index contributed by atoms with van der Waals surface area (Å²) >= 11 is 0. The van der Waals surface area contributed by atoms with Crippen molar-refractivity contribution < 1.29 is 0 Å². The van der Waals surface area contributed by atoms with Crippen LogP contribution in [0.5, 0.6) is 0 Å². The number of nitrogen functional groups attached to an aromatic ring is 1. The van der Waals surface area contributed by atoms with Gasteiger partial charge in [0, 0.05) is 16.8 Å². The summed E-state index contributed by atoms with van der Waals surface area (Å²) in [6.45, 7) is 6.28. The number of nitrogens with zero attached hydrogens (tertiary/aromatic N) is 2. The number of hydrogen-bond acceptors (Lipinski definition) is 3. The second kappa shape index (κ2) is 6.51. The van der Waals surface area contributed by atoms with E-state index < -0.39 is 0 Å². The number of aromatic nitrogens is 2. The topological polar surface area (TPSA) is 51.8 Å². The molecule has 0 amide bonds. The first kappa shape index (κ1) is 14.5. The summed E-state index contributed by atoms with van der Waals surface area (Å²) in [5.74, 6) is 1.32. The van der Waals surface area contributed by atoms with E-state index >= 15 is 0 Å². The van der Waals surface area contributed by atoms with E-state index in [1.165, 1.54) is 18.4 Å². The van der Waals surface area contributed by atoms with Crippen LogP contribution < -0.4 is 5.73 Å². The molecule has 0 aliphatic rings. The lowest BCUT2D eigenvalue weighted by atomic mass is 10.1. The summed E-state index contributed by atoms with van der Waals surface area (Å²) in [5.41, 5.74) is 10.4. The fraction of sp³-hybridized carbons (Fsp3) is 0.412. The van der Waals surface area contributed by atoms with Gasteiger partial charge in [-0.05, 0) is 31.7 Å². The zero-order valence-electron chi connectivity index (χ0n) is 12.6. The van der Waals surface area contributed by atoms with E-state index in [1.807, 2.05) is 6.92 Å². The fourth-order valence-electron chi connectivity index (χ4n) is 2.39. The van der Waals surface area contributed by atoms with Crippen molar-refractivity contribution in [3.05, 3.63) is 41.1 Å². The van der Waals surface area contributed by atoms with E-state index in [0.29, 0.717) is 5.82 Å². The van der Waals surface area contributed by atoms with Crippen molar-refractivity contribution in [3.8, 4) is 11.4 Å². The Morgan fingerprint density at radius 1 is 1.05 bits per heavy atom. The van der Waals surface area contributed by atoms with Crippen LogP contribution in [-0.4, -0.2) is 9.97 Å². The highest BCUT2D eigenvalue weighted by molar-refractivity contribution is 5.59. The largest absolute Gasteiger partial charge is 0.383 e. The van der Waals surface area contributed by atoms with Gasteiger partial charge in [-0.15, -0.1) is 0 Å². The van der Waals surface area contributed by atoms with Crippen LogP contribution in [0, 0.1) is 6.92 Å². The number of anilines is 1. The van der Waals surface area contributed by atoms with Gasteiger partial charge in [-0.1, -0.05) is 44.5 Å². The fourth-order valence-corrected chi connectivity index (χ4v) is 2.39. The third-order valence-corrected chi connectivity index (χ3v) is 3.63. The molecule has 0 fully saturated rings. The summed E-state index contributed by atoms with van der Waals surface area (Å²) in [4.78, 5) is 9.01. The van der Waals surface area contributed by atoms with Crippen molar-refractivity contribution in [2.45, 2.75) is 46.5 Å². The number of benzene rings is 1. The number of rotatable bonds is 5. The quantitative estimate of drug-likeness (QED) is 0.894. The van der Waals surface area contributed by atoms with Gasteiger partial charge in [-0.25, -0.2) is 9.97 Å². The smallest absolute Gasteiger partial charge is 0.161 e. The standard InChI is InChI=1S/C17H23N3/c1-4-6-7-13-8-10-14(11-9-13)17-19-12(3)15(5-2)16(18)20-17/h8-11H,4-7H2,1-3H3,(H2,18,19,20). The van der Waals surface area contributed by atoms with Gasteiger partial charge in [0.1, 0.15) is 5.82 Å². The van der Waals surface area contributed by atoms with E-state index in [1.54, 1.807) is 0 Å². The van der Waals surface area contributed by atoms with E-state index in [9.17, 15) is 0 Å². The molecular formula is C17H23N3. The molecule has 106 valence electrons. The number of aryl methyl sites for hydroxylation is 2. The average Bonchev–Trinajstić information content (AvgIpc) is 2.45. The Morgan fingerprint density at radius 3 is 2.30 bits per heavy atom. The molecule has 1 aromatic carbocycles. The van der Waals surface area contributed by atoms with Gasteiger partial charge < -0.3 is 5.73 Å². The summed E-state index contributed by atoms with van der Waals surface area (Å²) in [6, 6.07) is 8.50. The van der Waals surface area contributed by atoms with E-state index in [0.717, 1.165) is 35.5 Å². The number of nitrogens with two attached hydrogens (primary N) is 1. The van der Waals surface area contributed by atoms with Gasteiger partial charge in [-0.2, -0.15) is 0 Å². The van der Waals surface area contributed by atoms with E-state index in [-0.39, 0.29) is 0 Å². The minimum Gasteiger partial charge on any atom is -0.383 e. The maximum Gasteiger partial charge on any atom is 0.161 e. The molecule has 0 bridgehead atoms. The molecule has 3 heteroatoms. The van der Waals surface area contributed by atoms with E-state index in [4.69, 9.17) is 5.73 Å². The molecule has 0 aliphatic heterocycles. The third kappa shape index (κ3) is 3.16. The van der Waals surface area contributed by atoms with Crippen LogP contribution in [0.4, 0.5) is 5.82 Å². The minimum absolute atomic E-state index is 0.602. The van der Waals surface area contributed by atoms with Crippen molar-refractivity contribution in [2.75, 3.05) is 5.73 Å². The average molecular weight is 269 g/mol. The zero-order valence-corrected chi connectivity index (χ0v) is 12.6. The van der Waals surface area contributed by atoms with Gasteiger partial charge in [-0.3, -0.25) is 0 Å². The highest BCUT2D eigenvalue weighted by atomic mass is 15.0. The van der Waals surface area contributed by atoms with Gasteiger partial charge in [0.25, 0.3) is 0 Å². The van der Waals surface area contributed by atoms with Crippen LogP contribution in [0.3, 0.4) is 0 Å². The highest BCUT2D eigenvalue weighted by Gasteiger charge is 2.09. The molecule has 20 heavy (non-hydrogen) atoms. The molecule has 2 aromatic rings. The summed E-state index contributed by atoms with van der Waals surface area (Å²) in [6.07, 6.45) is 4.45. The minimum atomic E-state index is 0.602. The van der Waals surface area contributed by atoms with Gasteiger partial charge in [0.05, 0.1) is 0 Å². The summed E-state index contributed by atoms with van der Waals surface area (Å²) < 4.78 is 0. The second-order valence-electron chi connectivity index (χ2n) is 5.15. The molecule has 0 saturated heterocycles. The molecular weight excluding hydrogens is 246 g/mol. The Bertz CT molecular complexity index is 550. The third-order valence-electron chi connectivity index (χ3n) is 3.63. The first-order valence-corrected chi connectivity index (χ1v) is 7.38. The molecule has 0 aliphatic carbocycles. The van der Waals surface area contributed by atoms with Crippen LogP contribution >= 0.6 is 0 Å². The molecule has 0 atom stereocenters. The summed E-state index contributed by atoms with van der Waals surface area (Å²) in [7, 11) is 0. The number of unbranched alkanes of at least 4 members (excludes halogenated alkanes) is 1. The Labute approximate surface area is 121 Å². The number of hydrogen-bond donors (Lipinski definition) is 1. The first-order chi connectivity index (χ1) is 9.65. The van der Waals surface area contributed by atoms with Crippen molar-refractivity contribution in [1.82, 2.24) is 9.97 Å². The van der Waals surface area contributed by atoms with Gasteiger partial charge in [0.2, 0.25) is 0 Å². The van der Waals surface area contributed by atoms with Gasteiger partial charge in [0.15, 0.2) is 5.82 Å². The highest BCUT2D eigenvalue weighted by Crippen LogP contribution is 2.21. The second-order valence-corrected chi connectivity index (χ2v) is 5.15. The Hall–Kier alpha value is -1.90. The molecule has 3 nitrogen and oxygen atoms in total.